The molecule has 5 N–H and O–H groups in total. The van der Waals surface area contributed by atoms with E-state index in [0.717, 1.165) is 0 Å². The molecule has 0 amide bonds. The fourth-order valence-electron chi connectivity index (χ4n) is 2.50. The fourth-order valence-corrected chi connectivity index (χ4v) is 3.58. The van der Waals surface area contributed by atoms with E-state index < -0.39 is 22.0 Å². The number of aliphatic hydroxyl groups excluding tert-OH is 3. The Bertz CT molecular complexity index is 455. The maximum absolute atomic E-state index is 11.1. The molecule has 0 unspecified atom stereocenters. The van der Waals surface area contributed by atoms with Crippen LogP contribution < -0.4 is 0 Å². The van der Waals surface area contributed by atoms with Crippen LogP contribution in [0.5, 0.6) is 0 Å². The minimum Gasteiger partial charge on any atom is -0.477 e. The Labute approximate surface area is 156 Å². The molecule has 158 valence electrons. The average Bonchev–Trinajstić information content (AvgIpc) is 2.45. The van der Waals surface area contributed by atoms with Gasteiger partial charge in [0.1, 0.15) is 0 Å². The lowest BCUT2D eigenvalue weighted by Gasteiger charge is -2.37. The van der Waals surface area contributed by atoms with Crippen LogP contribution in [0, 0.1) is 0 Å². The summed E-state index contributed by atoms with van der Waals surface area (Å²) in [6, 6.07) is 0. The topological polar surface area (TPSA) is 152 Å². The summed E-state index contributed by atoms with van der Waals surface area (Å²) in [6.07, 6.45) is 1.23. The zero-order chi connectivity index (χ0) is 20.9. The number of likely N-dealkylation sites (N-methyl/N-ethyl adjacent to an activating group) is 1. The maximum atomic E-state index is 11.1. The minimum absolute atomic E-state index is 0.0561. The van der Waals surface area contributed by atoms with Crippen LogP contribution in [-0.4, -0.2) is 121 Å². The van der Waals surface area contributed by atoms with Gasteiger partial charge in [0, 0.05) is 39.1 Å². The van der Waals surface area contributed by atoms with Gasteiger partial charge in [-0.05, 0) is 0 Å². The van der Waals surface area contributed by atoms with E-state index in [1.165, 1.54) is 0 Å². The highest BCUT2D eigenvalue weighted by molar-refractivity contribution is 7.85. The molecule has 0 heterocycles. The molecule has 0 rings (SSSR count). The molecule has 26 heavy (non-hydrogen) atoms. The average molecular weight is 405 g/mol. The van der Waals surface area contributed by atoms with Gasteiger partial charge in [-0.2, -0.15) is 8.42 Å². The van der Waals surface area contributed by atoms with Crippen LogP contribution in [-0.2, 0) is 14.9 Å². The largest absolute Gasteiger partial charge is 0.477 e. The summed E-state index contributed by atoms with van der Waals surface area (Å²) in [5.74, 6) is -1.20. The summed E-state index contributed by atoms with van der Waals surface area (Å²) in [7, 11) is 1.38. The number of rotatable bonds is 13. The van der Waals surface area contributed by atoms with E-state index >= 15 is 0 Å². The van der Waals surface area contributed by atoms with Crippen molar-refractivity contribution >= 4 is 16.1 Å². The van der Waals surface area contributed by atoms with Crippen LogP contribution in [0.1, 0.15) is 19.3 Å². The van der Waals surface area contributed by atoms with Crippen LogP contribution in [0.2, 0.25) is 0 Å². The summed E-state index contributed by atoms with van der Waals surface area (Å²) in [5, 5.41) is 34.8. The van der Waals surface area contributed by atoms with E-state index in [-0.39, 0.29) is 30.8 Å². The summed E-state index contributed by atoms with van der Waals surface area (Å²) < 4.78 is 31.7. The molecule has 0 radical (unpaired) electrons. The number of quaternary nitrogens is 2. The third-order valence-electron chi connectivity index (χ3n) is 3.42. The van der Waals surface area contributed by atoms with Crippen molar-refractivity contribution in [2.24, 2.45) is 0 Å². The van der Waals surface area contributed by atoms with Gasteiger partial charge in [0.25, 0.3) is 0 Å². The number of carboxylic acids is 1. The van der Waals surface area contributed by atoms with Crippen molar-refractivity contribution < 1.29 is 47.2 Å². The summed E-state index contributed by atoms with van der Waals surface area (Å²) in [5.41, 5.74) is 0. The van der Waals surface area contributed by atoms with Gasteiger partial charge in [0.2, 0.25) is 5.88 Å². The Kier molecular flexibility index (Phi) is 14.1. The van der Waals surface area contributed by atoms with E-state index in [1.807, 2.05) is 21.1 Å². The lowest BCUT2D eigenvalue weighted by molar-refractivity contribution is -0.918. The minimum atomic E-state index is -4.15. The number of hydrogen-bond donors (Lipinski definition) is 5. The molecule has 0 aromatic carbocycles. The Morgan fingerprint density at radius 3 is 1.35 bits per heavy atom. The quantitative estimate of drug-likeness (QED) is 0.185. The lowest BCUT2D eigenvalue weighted by Crippen LogP contribution is -2.53. The molecule has 11 heteroatoms. The Morgan fingerprint density at radius 2 is 1.19 bits per heavy atom. The van der Waals surface area contributed by atoms with Crippen molar-refractivity contribution in [3.8, 4) is 0 Å². The molecule has 0 spiro atoms. The van der Waals surface area contributed by atoms with Gasteiger partial charge < -0.3 is 29.4 Å². The third-order valence-corrected chi connectivity index (χ3v) is 4.29. The number of aliphatic carboxylic acids is 1. The second-order valence-corrected chi connectivity index (χ2v) is 8.72. The van der Waals surface area contributed by atoms with Crippen molar-refractivity contribution in [3.05, 3.63) is 0 Å². The van der Waals surface area contributed by atoms with Gasteiger partial charge in [-0.1, -0.05) is 0 Å². The zero-order valence-electron chi connectivity index (χ0n) is 16.0. The molecule has 0 fully saturated rings. The Morgan fingerprint density at radius 1 is 0.846 bits per heavy atom. The molecule has 0 aromatic heterocycles. The number of nitrogens with zero attached hydrogens (tertiary/aromatic N) is 2. The first-order valence-corrected chi connectivity index (χ1v) is 10.1. The van der Waals surface area contributed by atoms with Crippen molar-refractivity contribution in [1.82, 2.24) is 0 Å². The second kappa shape index (κ2) is 13.4. The molecule has 0 aliphatic carbocycles. The normalized spacial score (nSPS) is 12.4. The predicted octanol–water partition coefficient (Wildman–Crippen LogP) is -1.43. The highest BCUT2D eigenvalue weighted by Crippen LogP contribution is 2.13. The van der Waals surface area contributed by atoms with Crippen molar-refractivity contribution in [2.45, 2.75) is 19.3 Å². The van der Waals surface area contributed by atoms with Gasteiger partial charge >= 0.3 is 16.1 Å². The molecule has 0 aliphatic rings. The van der Waals surface area contributed by atoms with Gasteiger partial charge in [-0.15, -0.1) is 0 Å². The molecule has 0 aromatic rings. The van der Waals surface area contributed by atoms with Gasteiger partial charge in [-0.25, -0.2) is 4.79 Å². The van der Waals surface area contributed by atoms with Crippen LogP contribution in [0.3, 0.4) is 0 Å². The highest BCUT2D eigenvalue weighted by atomic mass is 32.2. The molecule has 0 atom stereocenters. The Hall–Kier alpha value is -0.820. The molecule has 0 aliphatic heterocycles. The number of hydrogen-bond acceptors (Lipinski definition) is 6. The first kappa shape index (κ1) is 27.4. The molecule has 10 nitrogen and oxygen atoms in total. The lowest BCUT2D eigenvalue weighted by atomic mass is 10.2. The van der Waals surface area contributed by atoms with Gasteiger partial charge in [-0.3, -0.25) is 4.55 Å². The van der Waals surface area contributed by atoms with E-state index in [9.17, 15) is 13.2 Å². The zero-order valence-corrected chi connectivity index (χ0v) is 16.9. The molecular weight excluding hydrogens is 368 g/mol. The predicted molar refractivity (Wildman–Crippen MR) is 96.9 cm³/mol. The molecule has 0 bridgehead atoms. The Balaban J connectivity index is 0. The first-order chi connectivity index (χ1) is 11.8. The second-order valence-electron chi connectivity index (χ2n) is 7.30. The standard InChI is InChI=1S/C10H23NO6S.C5H11NO2/c12-7-1-4-11(5-2-8-13,6-3-9-14)10-18(15,16)17;1-6(2,3)4-5(7)8/h12-14H,1-10H2;4H2,1-3H3/p+2. The highest BCUT2D eigenvalue weighted by Gasteiger charge is 2.31. The molecule has 0 saturated carbocycles. The summed E-state index contributed by atoms with van der Waals surface area (Å²) in [4.78, 5) is 10.00. The van der Waals surface area contributed by atoms with E-state index in [4.69, 9.17) is 25.0 Å². The smallest absolute Gasteiger partial charge is 0.359 e. The summed E-state index contributed by atoms with van der Waals surface area (Å²) in [6.45, 7) is 1.14. The fraction of sp³-hybridized carbons (Fsp3) is 0.933. The van der Waals surface area contributed by atoms with E-state index in [2.05, 4.69) is 0 Å². The third kappa shape index (κ3) is 18.0. The van der Waals surface area contributed by atoms with Crippen LogP contribution in [0.25, 0.3) is 0 Å². The maximum Gasteiger partial charge on any atom is 0.359 e. The van der Waals surface area contributed by atoms with Crippen molar-refractivity contribution in [3.63, 3.8) is 0 Å². The summed E-state index contributed by atoms with van der Waals surface area (Å²) >= 11 is 0. The molecular formula is C15H36N2O8S+2. The number of carboxylic acid groups (broad SMARTS) is 1. The monoisotopic (exact) mass is 404 g/mol. The molecule has 0 saturated heterocycles. The van der Waals surface area contributed by atoms with Crippen LogP contribution >= 0.6 is 0 Å². The van der Waals surface area contributed by atoms with Crippen molar-refractivity contribution in [1.29, 1.82) is 0 Å². The van der Waals surface area contributed by atoms with Crippen molar-refractivity contribution in [2.75, 3.05) is 73.0 Å². The SMILES string of the molecule is C[N+](C)(C)CC(=O)O.O=S(=O)(O)C[N+](CCCO)(CCCO)CCCO. The van der Waals surface area contributed by atoms with E-state index in [1.54, 1.807) is 0 Å². The van der Waals surface area contributed by atoms with Gasteiger partial charge in [0.15, 0.2) is 6.54 Å². The first-order valence-electron chi connectivity index (χ1n) is 8.46. The van der Waals surface area contributed by atoms with E-state index in [0.29, 0.717) is 43.4 Å². The van der Waals surface area contributed by atoms with Crippen LogP contribution in [0.4, 0.5) is 0 Å². The number of aliphatic hydroxyl groups is 3. The van der Waals surface area contributed by atoms with Crippen LogP contribution in [0.15, 0.2) is 0 Å². The number of carbonyl (C=O) groups is 1. The van der Waals surface area contributed by atoms with Gasteiger partial charge in [0.05, 0.1) is 40.8 Å².